The van der Waals surface area contributed by atoms with Gasteiger partial charge in [0.25, 0.3) is 11.8 Å². The van der Waals surface area contributed by atoms with Gasteiger partial charge in [-0.1, -0.05) is 0 Å². The number of imidazole rings is 2. The molecule has 0 aliphatic heterocycles. The Bertz CT molecular complexity index is 1590. The van der Waals surface area contributed by atoms with E-state index >= 15 is 0 Å². The molecule has 0 saturated heterocycles. The maximum absolute atomic E-state index is 12.7. The van der Waals surface area contributed by atoms with Crippen molar-refractivity contribution in [3.05, 3.63) is 59.2 Å². The van der Waals surface area contributed by atoms with Gasteiger partial charge in [-0.15, -0.1) is 0 Å². The molecule has 2 unspecified atom stereocenters. The van der Waals surface area contributed by atoms with Crippen LogP contribution in [0.4, 0.5) is 0 Å². The zero-order valence-electron chi connectivity index (χ0n) is 20.1. The summed E-state index contributed by atoms with van der Waals surface area (Å²) in [6, 6.07) is 8.01. The Balaban J connectivity index is 1.62. The van der Waals surface area contributed by atoms with E-state index in [4.69, 9.17) is 9.79 Å². The lowest BCUT2D eigenvalue weighted by Crippen LogP contribution is -2.43. The first-order valence-electron chi connectivity index (χ1n) is 11.1. The molecule has 2 amide bonds. The van der Waals surface area contributed by atoms with E-state index in [-0.39, 0.29) is 17.4 Å². The molecule has 0 aliphatic carbocycles. The average Bonchev–Trinajstić information content (AvgIpc) is 3.42. The lowest BCUT2D eigenvalue weighted by Gasteiger charge is -2.15. The number of carboxylic acid groups (broad SMARTS) is 1. The predicted octanol–water partition coefficient (Wildman–Crippen LogP) is 1.32. The van der Waals surface area contributed by atoms with E-state index in [0.29, 0.717) is 33.8 Å². The van der Waals surface area contributed by atoms with Gasteiger partial charge < -0.3 is 35.1 Å². The minimum Gasteiger partial charge on any atom is -0.480 e. The summed E-state index contributed by atoms with van der Waals surface area (Å²) in [6.07, 6.45) is -1.02. The van der Waals surface area contributed by atoms with Gasteiger partial charge in [0, 0.05) is 25.2 Å². The number of rotatable bonds is 8. The molecule has 194 valence electrons. The number of carbonyl (C=O) groups excluding carboxylic acids is 2. The van der Waals surface area contributed by atoms with Crippen molar-refractivity contribution >= 4 is 47.4 Å². The van der Waals surface area contributed by atoms with Crippen molar-refractivity contribution in [1.29, 1.82) is 0 Å². The van der Waals surface area contributed by atoms with Crippen LogP contribution >= 0.6 is 7.60 Å². The van der Waals surface area contributed by atoms with Crippen LogP contribution in [0, 0.1) is 0 Å². The Morgan fingerprint density at radius 2 is 1.73 bits per heavy atom. The second-order valence-corrected chi connectivity index (χ2v) is 10.3. The van der Waals surface area contributed by atoms with E-state index < -0.39 is 31.7 Å². The molecule has 2 heterocycles. The van der Waals surface area contributed by atoms with Gasteiger partial charge in [0.2, 0.25) is 0 Å². The minimum absolute atomic E-state index is 0.108. The Morgan fingerprint density at radius 3 is 2.38 bits per heavy atom. The molecule has 13 nitrogen and oxygen atoms in total. The van der Waals surface area contributed by atoms with Crippen molar-refractivity contribution < 1.29 is 33.8 Å². The molecule has 0 aliphatic rings. The number of nitrogens with one attached hydrogen (secondary N) is 3. The van der Waals surface area contributed by atoms with E-state index in [9.17, 15) is 24.1 Å². The van der Waals surface area contributed by atoms with Gasteiger partial charge in [0.05, 0.1) is 34.1 Å². The van der Waals surface area contributed by atoms with Crippen molar-refractivity contribution in [3.63, 3.8) is 0 Å². The van der Waals surface area contributed by atoms with Crippen LogP contribution in [0.5, 0.6) is 0 Å². The third-order valence-corrected chi connectivity index (χ3v) is 6.83. The quantitative estimate of drug-likeness (QED) is 0.183. The number of H-pyrrole nitrogens is 1. The maximum Gasteiger partial charge on any atom is 0.328 e. The molecular formula is C23H25N6O7P. The molecule has 0 saturated carbocycles. The van der Waals surface area contributed by atoms with Gasteiger partial charge in [-0.3, -0.25) is 14.2 Å². The average molecular weight is 528 g/mol. The van der Waals surface area contributed by atoms with Gasteiger partial charge >= 0.3 is 13.6 Å². The summed E-state index contributed by atoms with van der Waals surface area (Å²) in [5.74, 6) is -1.58. The van der Waals surface area contributed by atoms with Crippen LogP contribution in [0.15, 0.2) is 36.4 Å². The van der Waals surface area contributed by atoms with Crippen LogP contribution in [0.1, 0.15) is 45.2 Å². The Labute approximate surface area is 210 Å². The fourth-order valence-corrected chi connectivity index (χ4v) is 4.76. The smallest absolute Gasteiger partial charge is 0.328 e. The summed E-state index contributed by atoms with van der Waals surface area (Å²) >= 11 is 0. The first-order valence-corrected chi connectivity index (χ1v) is 12.9. The highest BCUT2D eigenvalue weighted by Gasteiger charge is 2.29. The van der Waals surface area contributed by atoms with Crippen LogP contribution in [-0.2, 0) is 16.4 Å². The van der Waals surface area contributed by atoms with E-state index in [1.165, 1.54) is 12.1 Å². The van der Waals surface area contributed by atoms with Crippen molar-refractivity contribution in [2.24, 2.45) is 7.05 Å². The number of carbonyl (C=O) groups is 3. The zero-order valence-corrected chi connectivity index (χ0v) is 21.0. The second kappa shape index (κ2) is 9.77. The highest BCUT2D eigenvalue weighted by molar-refractivity contribution is 7.51. The summed E-state index contributed by atoms with van der Waals surface area (Å²) < 4.78 is 13.0. The van der Waals surface area contributed by atoms with Crippen molar-refractivity contribution in [2.45, 2.75) is 18.9 Å². The summed E-state index contributed by atoms with van der Waals surface area (Å²) in [4.78, 5) is 66.7. The molecule has 2 aromatic carbocycles. The molecule has 0 radical (unpaired) electrons. The fraction of sp³-hybridized carbons (Fsp3) is 0.261. The molecule has 2 atom stereocenters. The highest BCUT2D eigenvalue weighted by atomic mass is 31.2. The molecule has 6 N–H and O–H groups in total. The summed E-state index contributed by atoms with van der Waals surface area (Å²) in [5, 5.41) is 14.0. The maximum atomic E-state index is 12.7. The van der Waals surface area contributed by atoms with Crippen LogP contribution < -0.4 is 10.6 Å². The van der Waals surface area contributed by atoms with Crippen molar-refractivity contribution in [1.82, 2.24) is 30.2 Å². The van der Waals surface area contributed by atoms with Crippen molar-refractivity contribution in [3.8, 4) is 0 Å². The van der Waals surface area contributed by atoms with E-state index in [0.717, 1.165) is 5.52 Å². The Hall–Kier alpha value is -4.06. The van der Waals surface area contributed by atoms with E-state index in [1.807, 2.05) is 6.92 Å². The molecule has 0 fully saturated rings. The number of carboxylic acids is 1. The number of benzene rings is 2. The normalized spacial score (nSPS) is 13.4. The number of hydrogen-bond donors (Lipinski definition) is 6. The lowest BCUT2D eigenvalue weighted by atomic mass is 10.1. The summed E-state index contributed by atoms with van der Waals surface area (Å²) in [5.41, 5.74) is 3.16. The second-order valence-electron chi connectivity index (χ2n) is 8.60. The number of fused-ring (bicyclic) bond motifs is 2. The third kappa shape index (κ3) is 5.38. The molecule has 0 spiro atoms. The lowest BCUT2D eigenvalue weighted by molar-refractivity contribution is -0.138. The standard InChI is InChI=1S/C23H25N6O7P/c1-11(19-25-14-6-4-12(21(30)24-2)8-16(14)26-19)20-27-15-7-5-13(9-18(15)29(20)3)22(31)28-17(23(32)33)10-37(34,35)36/h4-9,11,17H,10H2,1-3H3,(H,24,30)(H,25,26)(H,28,31)(H,32,33)(H2,34,35,36). The monoisotopic (exact) mass is 528 g/mol. The first-order chi connectivity index (χ1) is 17.4. The number of aliphatic carboxylic acids is 1. The van der Waals surface area contributed by atoms with E-state index in [2.05, 4.69) is 25.6 Å². The van der Waals surface area contributed by atoms with Crippen molar-refractivity contribution in [2.75, 3.05) is 13.2 Å². The van der Waals surface area contributed by atoms with Crippen LogP contribution in [-0.4, -0.2) is 71.4 Å². The molecule has 4 rings (SSSR count). The zero-order chi connectivity index (χ0) is 27.1. The number of aryl methyl sites for hydroxylation is 1. The van der Waals surface area contributed by atoms with E-state index in [1.54, 1.807) is 42.9 Å². The van der Waals surface area contributed by atoms with Gasteiger partial charge in [0.1, 0.15) is 17.7 Å². The number of aromatic amines is 1. The van der Waals surface area contributed by atoms with Gasteiger partial charge in [-0.2, -0.15) is 0 Å². The number of aromatic nitrogens is 4. The predicted molar refractivity (Wildman–Crippen MR) is 134 cm³/mol. The molecular weight excluding hydrogens is 503 g/mol. The molecule has 2 aromatic heterocycles. The van der Waals surface area contributed by atoms with Gasteiger partial charge in [-0.25, -0.2) is 14.8 Å². The fourth-order valence-electron chi connectivity index (χ4n) is 4.04. The number of nitrogens with zero attached hydrogens (tertiary/aromatic N) is 3. The third-order valence-electron chi connectivity index (χ3n) is 5.99. The minimum atomic E-state index is -4.67. The first kappa shape index (κ1) is 26.0. The molecule has 37 heavy (non-hydrogen) atoms. The SMILES string of the molecule is CNC(=O)c1ccc2[nH]c(C(C)c3nc4ccc(C(=O)NC(CP(=O)(O)O)C(=O)O)cc4n3C)nc2c1. The van der Waals surface area contributed by atoms with Crippen LogP contribution in [0.25, 0.3) is 22.1 Å². The Morgan fingerprint density at radius 1 is 1.05 bits per heavy atom. The molecule has 4 aromatic rings. The van der Waals surface area contributed by atoms with Crippen LogP contribution in [0.3, 0.4) is 0 Å². The molecule has 0 bridgehead atoms. The largest absolute Gasteiger partial charge is 0.480 e. The number of amides is 2. The molecule has 14 heteroatoms. The van der Waals surface area contributed by atoms with Crippen LogP contribution in [0.2, 0.25) is 0 Å². The highest BCUT2D eigenvalue weighted by Crippen LogP contribution is 2.35. The number of hydrogen-bond acceptors (Lipinski definition) is 6. The summed E-state index contributed by atoms with van der Waals surface area (Å²) in [6.45, 7) is 1.91. The van der Waals surface area contributed by atoms with Gasteiger partial charge in [-0.05, 0) is 43.3 Å². The Kier molecular flexibility index (Phi) is 6.87. The summed E-state index contributed by atoms with van der Waals surface area (Å²) in [7, 11) is -1.35. The van der Waals surface area contributed by atoms with Gasteiger partial charge in [0.15, 0.2) is 0 Å². The topological polar surface area (TPSA) is 200 Å².